The molecule has 0 radical (unpaired) electrons. The van der Waals surface area contributed by atoms with Crippen LogP contribution in [-0.4, -0.2) is 36.0 Å². The zero-order chi connectivity index (χ0) is 25.6. The molecule has 0 fully saturated rings. The molecule has 37 heavy (non-hydrogen) atoms. The van der Waals surface area contributed by atoms with Gasteiger partial charge in [0.1, 0.15) is 5.69 Å². The number of imidazole rings is 1. The molecule has 8 heteroatoms. The summed E-state index contributed by atoms with van der Waals surface area (Å²) in [6.07, 6.45) is 5.22. The molecule has 4 aromatic heterocycles. The van der Waals surface area contributed by atoms with Gasteiger partial charge in [-0.25, -0.2) is 4.98 Å². The lowest BCUT2D eigenvalue weighted by Crippen LogP contribution is -2.27. The number of aromatic amines is 2. The molecule has 182 valence electrons. The Morgan fingerprint density at radius 1 is 0.919 bits per heavy atom. The van der Waals surface area contributed by atoms with Crippen LogP contribution in [0.25, 0.3) is 55.8 Å². The number of rotatable bonds is 4. The fraction of sp³-hybridized carbons (Fsp3) is 0.138. The smallest absolute Gasteiger partial charge is 0.229 e. The fourth-order valence-corrected chi connectivity index (χ4v) is 4.23. The number of nitrogens with one attached hydrogen (secondary N) is 3. The number of nitrogens with zero attached hydrogens (tertiary/aromatic N) is 4. The van der Waals surface area contributed by atoms with E-state index in [0.29, 0.717) is 11.5 Å². The Labute approximate surface area is 213 Å². The molecule has 6 rings (SSSR count). The number of H-pyrrole nitrogens is 2. The second-order valence-electron chi connectivity index (χ2n) is 10.0. The second kappa shape index (κ2) is 8.67. The quantitative estimate of drug-likeness (QED) is 0.273. The van der Waals surface area contributed by atoms with Crippen molar-refractivity contribution in [1.29, 1.82) is 0 Å². The molecule has 1 amide bonds. The maximum Gasteiger partial charge on any atom is 0.229 e. The van der Waals surface area contributed by atoms with Gasteiger partial charge >= 0.3 is 0 Å². The molecule has 0 atom stereocenters. The van der Waals surface area contributed by atoms with E-state index in [1.54, 1.807) is 18.6 Å². The Bertz CT molecular complexity index is 1760. The standard InChI is InChI=1S/C29H25N7O/c1-29(2,3)28(37)32-19-13-18(15-30-16-19)17-10-11-23-21(14-17)26(36-35-23)27-33-24-9-6-7-20(25(24)34-27)22-8-4-5-12-31-22/h4-16H,1-3H3,(H,32,37)(H,33,34)(H,35,36). The summed E-state index contributed by atoms with van der Waals surface area (Å²) >= 11 is 0. The van der Waals surface area contributed by atoms with Crippen molar-refractivity contribution in [2.24, 2.45) is 5.41 Å². The highest BCUT2D eigenvalue weighted by Crippen LogP contribution is 2.33. The summed E-state index contributed by atoms with van der Waals surface area (Å²) in [6.45, 7) is 5.64. The third-order valence-corrected chi connectivity index (χ3v) is 6.25. The minimum absolute atomic E-state index is 0.0611. The van der Waals surface area contributed by atoms with Gasteiger partial charge in [-0.05, 0) is 42.0 Å². The van der Waals surface area contributed by atoms with Crippen molar-refractivity contribution in [3.8, 4) is 33.9 Å². The van der Waals surface area contributed by atoms with Gasteiger partial charge in [-0.2, -0.15) is 5.10 Å². The Hall–Kier alpha value is -4.85. The van der Waals surface area contributed by atoms with Crippen molar-refractivity contribution in [2.75, 3.05) is 5.32 Å². The highest BCUT2D eigenvalue weighted by Gasteiger charge is 2.21. The third-order valence-electron chi connectivity index (χ3n) is 6.25. The van der Waals surface area contributed by atoms with Gasteiger partial charge in [-0.1, -0.05) is 45.0 Å². The molecule has 8 nitrogen and oxygen atoms in total. The summed E-state index contributed by atoms with van der Waals surface area (Å²) in [6, 6.07) is 19.9. The van der Waals surface area contributed by atoms with Crippen molar-refractivity contribution in [1.82, 2.24) is 30.1 Å². The van der Waals surface area contributed by atoms with Gasteiger partial charge in [0.2, 0.25) is 5.91 Å². The average Bonchev–Trinajstić information content (AvgIpc) is 3.52. The Kier molecular flexibility index (Phi) is 5.30. The van der Waals surface area contributed by atoms with Crippen LogP contribution in [0.1, 0.15) is 20.8 Å². The first-order valence-corrected chi connectivity index (χ1v) is 12.0. The first-order chi connectivity index (χ1) is 17.9. The highest BCUT2D eigenvalue weighted by molar-refractivity contribution is 5.98. The van der Waals surface area contributed by atoms with E-state index >= 15 is 0 Å². The number of hydrogen-bond donors (Lipinski definition) is 3. The molecule has 0 spiro atoms. The molecule has 0 saturated carbocycles. The van der Waals surface area contributed by atoms with Crippen LogP contribution >= 0.6 is 0 Å². The van der Waals surface area contributed by atoms with E-state index in [4.69, 9.17) is 4.98 Å². The van der Waals surface area contributed by atoms with E-state index in [0.717, 1.165) is 50.0 Å². The SMILES string of the molecule is CC(C)(C)C(=O)Nc1cncc(-c2ccc3[nH]nc(-c4nc5c(-c6ccccn6)cccc5[nH]4)c3c2)c1. The van der Waals surface area contributed by atoms with Crippen molar-refractivity contribution in [3.63, 3.8) is 0 Å². The summed E-state index contributed by atoms with van der Waals surface area (Å²) < 4.78 is 0. The van der Waals surface area contributed by atoms with E-state index in [1.165, 1.54) is 0 Å². The molecule has 0 aliphatic heterocycles. The van der Waals surface area contributed by atoms with Gasteiger partial charge in [-0.3, -0.25) is 19.9 Å². The first kappa shape index (κ1) is 22.6. The summed E-state index contributed by atoms with van der Waals surface area (Å²) in [5, 5.41) is 11.6. The number of hydrogen-bond acceptors (Lipinski definition) is 5. The van der Waals surface area contributed by atoms with Gasteiger partial charge in [0.15, 0.2) is 5.82 Å². The predicted molar refractivity (Wildman–Crippen MR) is 146 cm³/mol. The number of benzene rings is 2. The second-order valence-corrected chi connectivity index (χ2v) is 10.0. The molecule has 0 aliphatic rings. The number of aromatic nitrogens is 6. The summed E-state index contributed by atoms with van der Waals surface area (Å²) in [4.78, 5) is 29.6. The minimum Gasteiger partial charge on any atom is -0.337 e. The Morgan fingerprint density at radius 2 is 1.81 bits per heavy atom. The minimum atomic E-state index is -0.496. The van der Waals surface area contributed by atoms with E-state index in [2.05, 4.69) is 36.5 Å². The van der Waals surface area contributed by atoms with Crippen LogP contribution in [0.2, 0.25) is 0 Å². The fourth-order valence-electron chi connectivity index (χ4n) is 4.23. The first-order valence-electron chi connectivity index (χ1n) is 12.0. The largest absolute Gasteiger partial charge is 0.337 e. The lowest BCUT2D eigenvalue weighted by atomic mass is 9.95. The van der Waals surface area contributed by atoms with Crippen molar-refractivity contribution >= 4 is 33.5 Å². The number of carbonyl (C=O) groups is 1. The summed E-state index contributed by atoms with van der Waals surface area (Å²) in [7, 11) is 0. The van der Waals surface area contributed by atoms with Crippen molar-refractivity contribution in [2.45, 2.75) is 20.8 Å². The topological polar surface area (TPSA) is 112 Å². The van der Waals surface area contributed by atoms with Crippen molar-refractivity contribution < 1.29 is 4.79 Å². The van der Waals surface area contributed by atoms with Crippen LogP contribution in [0.4, 0.5) is 5.69 Å². The zero-order valence-corrected chi connectivity index (χ0v) is 20.7. The highest BCUT2D eigenvalue weighted by atomic mass is 16.2. The van der Waals surface area contributed by atoms with Gasteiger partial charge in [0.25, 0.3) is 0 Å². The van der Waals surface area contributed by atoms with E-state index < -0.39 is 5.41 Å². The molecule has 0 unspecified atom stereocenters. The number of para-hydroxylation sites is 1. The number of amides is 1. The van der Waals surface area contributed by atoms with Crippen LogP contribution in [0.5, 0.6) is 0 Å². The lowest BCUT2D eigenvalue weighted by molar-refractivity contribution is -0.123. The van der Waals surface area contributed by atoms with Crippen LogP contribution in [0.15, 0.2) is 79.3 Å². The monoisotopic (exact) mass is 487 g/mol. The van der Waals surface area contributed by atoms with Crippen LogP contribution in [0, 0.1) is 5.41 Å². The van der Waals surface area contributed by atoms with Gasteiger partial charge in [0.05, 0.1) is 34.1 Å². The summed E-state index contributed by atoms with van der Waals surface area (Å²) in [5.41, 5.74) is 7.22. The predicted octanol–water partition coefficient (Wildman–Crippen LogP) is 6.21. The number of anilines is 1. The molecule has 6 aromatic rings. The van der Waals surface area contributed by atoms with E-state index in [1.807, 2.05) is 75.4 Å². The lowest BCUT2D eigenvalue weighted by Gasteiger charge is -2.17. The molecule has 4 heterocycles. The normalized spacial score (nSPS) is 11.8. The average molecular weight is 488 g/mol. The zero-order valence-electron chi connectivity index (χ0n) is 20.7. The third kappa shape index (κ3) is 4.23. The Morgan fingerprint density at radius 3 is 2.62 bits per heavy atom. The molecule has 3 N–H and O–H groups in total. The molecular weight excluding hydrogens is 462 g/mol. The number of fused-ring (bicyclic) bond motifs is 2. The van der Waals surface area contributed by atoms with Crippen LogP contribution < -0.4 is 5.32 Å². The maximum atomic E-state index is 12.4. The number of carbonyl (C=O) groups excluding carboxylic acids is 1. The Balaban J connectivity index is 1.40. The number of pyridine rings is 2. The molecule has 0 saturated heterocycles. The van der Waals surface area contributed by atoms with Crippen LogP contribution in [0.3, 0.4) is 0 Å². The molecule has 0 bridgehead atoms. The van der Waals surface area contributed by atoms with Crippen molar-refractivity contribution in [3.05, 3.63) is 79.3 Å². The summed E-state index contributed by atoms with van der Waals surface area (Å²) in [5.74, 6) is 0.611. The molecular formula is C29H25N7O. The maximum absolute atomic E-state index is 12.4. The van der Waals surface area contributed by atoms with E-state index in [9.17, 15) is 4.79 Å². The van der Waals surface area contributed by atoms with Gasteiger partial charge < -0.3 is 10.3 Å². The van der Waals surface area contributed by atoms with Crippen LogP contribution in [-0.2, 0) is 4.79 Å². The molecule has 0 aliphatic carbocycles. The van der Waals surface area contributed by atoms with Gasteiger partial charge in [-0.15, -0.1) is 0 Å². The van der Waals surface area contributed by atoms with E-state index in [-0.39, 0.29) is 5.91 Å². The molecule has 2 aromatic carbocycles. The van der Waals surface area contributed by atoms with Gasteiger partial charge in [0, 0.05) is 34.3 Å².